The van der Waals surface area contributed by atoms with Gasteiger partial charge in [-0.2, -0.15) is 0 Å². The van der Waals surface area contributed by atoms with Crippen LogP contribution in [-0.4, -0.2) is 28.1 Å². The molecule has 31 heavy (non-hydrogen) atoms. The second kappa shape index (κ2) is 9.31. The van der Waals surface area contributed by atoms with Crippen LogP contribution in [0.5, 0.6) is 0 Å². The topological polar surface area (TPSA) is 94.3 Å². The fourth-order valence-electron chi connectivity index (χ4n) is 2.77. The number of halogens is 1. The van der Waals surface area contributed by atoms with Crippen molar-refractivity contribution in [3.05, 3.63) is 70.6 Å². The molecule has 1 N–H and O–H groups in total. The zero-order valence-electron chi connectivity index (χ0n) is 17.8. The van der Waals surface area contributed by atoms with Crippen LogP contribution in [0.3, 0.4) is 0 Å². The lowest BCUT2D eigenvalue weighted by atomic mass is 9.86. The maximum absolute atomic E-state index is 12.4. The molecule has 0 bridgehead atoms. The van der Waals surface area contributed by atoms with Gasteiger partial charge >= 0.3 is 5.97 Å². The van der Waals surface area contributed by atoms with Crippen molar-refractivity contribution < 1.29 is 18.7 Å². The number of nitrogens with one attached hydrogen (secondary N) is 1. The Bertz CT molecular complexity index is 1070. The van der Waals surface area contributed by atoms with Crippen LogP contribution in [0.1, 0.15) is 49.5 Å². The quantitative estimate of drug-likeness (QED) is 0.564. The van der Waals surface area contributed by atoms with E-state index in [2.05, 4.69) is 36.3 Å². The van der Waals surface area contributed by atoms with Crippen molar-refractivity contribution in [1.29, 1.82) is 0 Å². The lowest BCUT2D eigenvalue weighted by Crippen LogP contribution is -2.39. The van der Waals surface area contributed by atoms with Gasteiger partial charge in [-0.05, 0) is 42.2 Å². The maximum atomic E-state index is 12.4. The molecule has 2 aromatic carbocycles. The summed E-state index contributed by atoms with van der Waals surface area (Å²) in [5, 5.41) is 10.9. The number of hydrogen-bond acceptors (Lipinski definition) is 6. The monoisotopic (exact) mass is 441 g/mol. The Kier molecular flexibility index (Phi) is 6.75. The fraction of sp³-hybridized carbons (Fsp3) is 0.304. The average Bonchev–Trinajstić information content (AvgIpc) is 3.20. The molecular weight excluding hydrogens is 418 g/mol. The number of benzene rings is 2. The van der Waals surface area contributed by atoms with Gasteiger partial charge in [0.05, 0.1) is 10.6 Å². The minimum Gasteiger partial charge on any atom is -0.454 e. The first-order valence-corrected chi connectivity index (χ1v) is 10.2. The molecule has 0 aliphatic rings. The minimum absolute atomic E-state index is 0.00738. The van der Waals surface area contributed by atoms with Crippen molar-refractivity contribution in [2.45, 2.75) is 45.8 Å². The van der Waals surface area contributed by atoms with E-state index in [1.165, 1.54) is 0 Å². The zero-order valence-corrected chi connectivity index (χ0v) is 18.6. The van der Waals surface area contributed by atoms with Gasteiger partial charge in [0.2, 0.25) is 5.89 Å². The van der Waals surface area contributed by atoms with Crippen molar-refractivity contribution in [3.63, 3.8) is 0 Å². The van der Waals surface area contributed by atoms with Crippen molar-refractivity contribution in [3.8, 4) is 11.5 Å². The number of nitrogens with zero attached hydrogens (tertiary/aromatic N) is 2. The summed E-state index contributed by atoms with van der Waals surface area (Å²) in [6, 6.07) is 13.5. The Morgan fingerprint density at radius 2 is 1.77 bits per heavy atom. The highest BCUT2D eigenvalue weighted by Gasteiger charge is 2.20. The SMILES string of the molecule is CC(NC(=O)c1ccc(C(C)(C)C)cc1)C(=O)OCc1nnc(-c2ccccc2Cl)o1. The van der Waals surface area contributed by atoms with Crippen LogP contribution >= 0.6 is 11.6 Å². The molecule has 162 valence electrons. The highest BCUT2D eigenvalue weighted by Crippen LogP contribution is 2.26. The van der Waals surface area contributed by atoms with E-state index in [-0.39, 0.29) is 29.7 Å². The number of rotatable bonds is 6. The van der Waals surface area contributed by atoms with E-state index < -0.39 is 12.0 Å². The molecule has 7 nitrogen and oxygen atoms in total. The van der Waals surface area contributed by atoms with Gasteiger partial charge in [0.1, 0.15) is 6.04 Å². The summed E-state index contributed by atoms with van der Waals surface area (Å²) in [5.41, 5.74) is 2.17. The van der Waals surface area contributed by atoms with Crippen molar-refractivity contribution in [2.24, 2.45) is 0 Å². The van der Waals surface area contributed by atoms with Crippen LogP contribution in [0.2, 0.25) is 5.02 Å². The van der Waals surface area contributed by atoms with E-state index in [4.69, 9.17) is 20.8 Å². The Morgan fingerprint density at radius 3 is 2.42 bits per heavy atom. The van der Waals surface area contributed by atoms with Crippen LogP contribution in [0, 0.1) is 0 Å². The zero-order chi connectivity index (χ0) is 22.6. The molecule has 0 aliphatic heterocycles. The highest BCUT2D eigenvalue weighted by atomic mass is 35.5. The third kappa shape index (κ3) is 5.70. The molecule has 1 unspecified atom stereocenters. The van der Waals surface area contributed by atoms with E-state index in [1.807, 2.05) is 12.1 Å². The number of hydrogen-bond donors (Lipinski definition) is 1. The first-order chi connectivity index (χ1) is 14.6. The Hall–Kier alpha value is -3.19. The average molecular weight is 442 g/mol. The van der Waals surface area contributed by atoms with Crippen LogP contribution < -0.4 is 5.32 Å². The maximum Gasteiger partial charge on any atom is 0.328 e. The van der Waals surface area contributed by atoms with Crippen LogP contribution in [0.25, 0.3) is 11.5 Å². The molecule has 0 saturated carbocycles. The minimum atomic E-state index is -0.847. The lowest BCUT2D eigenvalue weighted by molar-refractivity contribution is -0.147. The molecule has 8 heteroatoms. The second-order valence-electron chi connectivity index (χ2n) is 8.11. The molecular formula is C23H24ClN3O4. The highest BCUT2D eigenvalue weighted by molar-refractivity contribution is 6.33. The van der Waals surface area contributed by atoms with Gasteiger partial charge in [-0.1, -0.05) is 56.6 Å². The number of amides is 1. The van der Waals surface area contributed by atoms with Gasteiger partial charge in [0.15, 0.2) is 6.61 Å². The van der Waals surface area contributed by atoms with Crippen molar-refractivity contribution >= 4 is 23.5 Å². The van der Waals surface area contributed by atoms with E-state index >= 15 is 0 Å². The third-order valence-corrected chi connectivity index (χ3v) is 4.95. The molecule has 3 rings (SSSR count). The normalized spacial score (nSPS) is 12.3. The lowest BCUT2D eigenvalue weighted by Gasteiger charge is -2.19. The molecule has 0 aliphatic carbocycles. The molecule has 0 spiro atoms. The van der Waals surface area contributed by atoms with Gasteiger partial charge in [0, 0.05) is 5.56 Å². The van der Waals surface area contributed by atoms with Crippen LogP contribution in [-0.2, 0) is 21.6 Å². The smallest absolute Gasteiger partial charge is 0.328 e. The Morgan fingerprint density at radius 1 is 1.10 bits per heavy atom. The van der Waals surface area contributed by atoms with E-state index in [0.29, 0.717) is 16.1 Å². The van der Waals surface area contributed by atoms with Gasteiger partial charge in [-0.15, -0.1) is 10.2 Å². The fourth-order valence-corrected chi connectivity index (χ4v) is 2.99. The molecule has 1 aromatic heterocycles. The predicted octanol–water partition coefficient (Wildman–Crippen LogP) is 4.55. The molecule has 0 fully saturated rings. The molecule has 1 atom stereocenters. The second-order valence-corrected chi connectivity index (χ2v) is 8.52. The van der Waals surface area contributed by atoms with Gasteiger partial charge in [0.25, 0.3) is 11.8 Å². The van der Waals surface area contributed by atoms with Gasteiger partial charge in [-0.25, -0.2) is 4.79 Å². The van der Waals surface area contributed by atoms with Gasteiger partial charge < -0.3 is 14.5 Å². The Labute approximate surface area is 185 Å². The summed E-state index contributed by atoms with van der Waals surface area (Å²) >= 11 is 6.11. The Balaban J connectivity index is 1.54. The van der Waals surface area contributed by atoms with E-state index in [0.717, 1.165) is 5.56 Å². The summed E-state index contributed by atoms with van der Waals surface area (Å²) in [7, 11) is 0. The molecule has 0 saturated heterocycles. The largest absolute Gasteiger partial charge is 0.454 e. The summed E-state index contributed by atoms with van der Waals surface area (Å²) in [6.45, 7) is 7.63. The van der Waals surface area contributed by atoms with Crippen molar-refractivity contribution in [1.82, 2.24) is 15.5 Å². The molecule has 1 heterocycles. The predicted molar refractivity (Wildman–Crippen MR) is 117 cm³/mol. The van der Waals surface area contributed by atoms with E-state index in [9.17, 15) is 9.59 Å². The molecule has 0 radical (unpaired) electrons. The molecule has 3 aromatic rings. The van der Waals surface area contributed by atoms with Crippen LogP contribution in [0.4, 0.5) is 0 Å². The summed E-state index contributed by atoms with van der Waals surface area (Å²) in [6.07, 6.45) is 0. The summed E-state index contributed by atoms with van der Waals surface area (Å²) < 4.78 is 10.7. The first-order valence-electron chi connectivity index (χ1n) is 9.80. The summed E-state index contributed by atoms with van der Waals surface area (Å²) in [5.74, 6) is -0.614. The number of esters is 1. The van der Waals surface area contributed by atoms with Gasteiger partial charge in [-0.3, -0.25) is 4.79 Å². The summed E-state index contributed by atoms with van der Waals surface area (Å²) in [4.78, 5) is 24.7. The number of carbonyl (C=O) groups excluding carboxylic acids is 2. The molecule has 1 amide bonds. The van der Waals surface area contributed by atoms with Crippen LogP contribution in [0.15, 0.2) is 52.9 Å². The first kappa shape index (κ1) is 22.5. The number of ether oxygens (including phenoxy) is 1. The standard InChI is InChI=1S/C23H24ClN3O4/c1-14(25-20(28)15-9-11-16(12-10-15)23(2,3)4)22(29)30-13-19-26-27-21(31-19)17-7-5-6-8-18(17)24/h5-12,14H,13H2,1-4H3,(H,25,28). The third-order valence-electron chi connectivity index (χ3n) is 4.62. The van der Waals surface area contributed by atoms with E-state index in [1.54, 1.807) is 43.3 Å². The number of carbonyl (C=O) groups is 2. The number of aromatic nitrogens is 2. The van der Waals surface area contributed by atoms with Crippen molar-refractivity contribution in [2.75, 3.05) is 0 Å².